The molecule has 1 saturated carbocycles. The third-order valence-corrected chi connectivity index (χ3v) is 5.24. The van der Waals surface area contributed by atoms with Gasteiger partial charge >= 0.3 is 6.09 Å². The molecule has 2 rings (SSSR count). The quantitative estimate of drug-likeness (QED) is 0.345. The summed E-state index contributed by atoms with van der Waals surface area (Å²) in [7, 11) is 0. The lowest BCUT2D eigenvalue weighted by molar-refractivity contribution is 0.0963. The molecule has 0 aromatic heterocycles. The Morgan fingerprint density at radius 3 is 2.42 bits per heavy atom. The van der Waals surface area contributed by atoms with E-state index in [0.29, 0.717) is 12.6 Å². The Bertz CT molecular complexity index is 420. The van der Waals surface area contributed by atoms with Crippen molar-refractivity contribution >= 4 is 36.0 Å². The van der Waals surface area contributed by atoms with Gasteiger partial charge in [0.05, 0.1) is 6.61 Å². The molecule has 0 radical (unpaired) electrons. The van der Waals surface area contributed by atoms with Gasteiger partial charge in [-0.05, 0) is 39.0 Å². The molecule has 0 bridgehead atoms. The monoisotopic (exact) mass is 480 g/mol. The molecule has 2 fully saturated rings. The second-order valence-corrected chi connectivity index (χ2v) is 7.16. The summed E-state index contributed by atoms with van der Waals surface area (Å²) in [5.74, 6) is 1.79. The summed E-state index contributed by atoms with van der Waals surface area (Å²) in [5.41, 5.74) is 0. The number of piperidine rings is 1. The van der Waals surface area contributed by atoms with Crippen molar-refractivity contribution in [1.29, 1.82) is 0 Å². The fourth-order valence-corrected chi connectivity index (χ4v) is 3.77. The van der Waals surface area contributed by atoms with Gasteiger partial charge in [0, 0.05) is 32.2 Å². The van der Waals surface area contributed by atoms with Crippen LogP contribution in [0.15, 0.2) is 4.99 Å². The van der Waals surface area contributed by atoms with Crippen LogP contribution in [0, 0.1) is 5.92 Å². The maximum absolute atomic E-state index is 11.8. The highest BCUT2D eigenvalue weighted by Gasteiger charge is 2.24. The van der Waals surface area contributed by atoms with Crippen molar-refractivity contribution in [2.24, 2.45) is 10.9 Å². The summed E-state index contributed by atoms with van der Waals surface area (Å²) in [6.45, 7) is 7.66. The number of aliphatic imine (C=N–C) groups is 1. The van der Waals surface area contributed by atoms with E-state index in [0.717, 1.165) is 50.9 Å². The first kappa shape index (κ1) is 23.3. The lowest BCUT2D eigenvalue weighted by atomic mass is 9.87. The Hall–Kier alpha value is -0.730. The minimum Gasteiger partial charge on any atom is -0.450 e. The Morgan fingerprint density at radius 2 is 1.81 bits per heavy atom. The number of hydrogen-bond acceptors (Lipinski definition) is 3. The summed E-state index contributed by atoms with van der Waals surface area (Å²) in [5, 5.41) is 6.90. The summed E-state index contributed by atoms with van der Waals surface area (Å²) < 4.78 is 5.08. The van der Waals surface area contributed by atoms with Crippen LogP contribution in [0.4, 0.5) is 4.79 Å². The molecule has 0 aromatic rings. The molecule has 7 heteroatoms. The zero-order valence-electron chi connectivity index (χ0n) is 16.5. The highest BCUT2D eigenvalue weighted by atomic mass is 127. The molecule has 0 aromatic carbocycles. The van der Waals surface area contributed by atoms with Gasteiger partial charge in [-0.15, -0.1) is 24.0 Å². The SMILES string of the molecule is CCNC(=NCCC1CCCCC1)NC1CCN(C(=O)OCC)CC1.I. The van der Waals surface area contributed by atoms with Crippen molar-refractivity contribution in [3.8, 4) is 0 Å². The number of carbonyl (C=O) groups is 1. The van der Waals surface area contributed by atoms with Crippen LogP contribution in [0.1, 0.15) is 65.2 Å². The van der Waals surface area contributed by atoms with Gasteiger partial charge in [0.1, 0.15) is 0 Å². The average Bonchev–Trinajstić information content (AvgIpc) is 2.63. The van der Waals surface area contributed by atoms with Crippen LogP contribution in [0.25, 0.3) is 0 Å². The Kier molecular flexibility index (Phi) is 12.0. The molecule has 2 N–H and O–H groups in total. The van der Waals surface area contributed by atoms with E-state index < -0.39 is 0 Å². The lowest BCUT2D eigenvalue weighted by Gasteiger charge is -2.32. The van der Waals surface area contributed by atoms with Crippen molar-refractivity contribution < 1.29 is 9.53 Å². The maximum Gasteiger partial charge on any atom is 0.409 e. The highest BCUT2D eigenvalue weighted by molar-refractivity contribution is 14.0. The van der Waals surface area contributed by atoms with Gasteiger partial charge in [0.15, 0.2) is 5.96 Å². The van der Waals surface area contributed by atoms with Crippen LogP contribution < -0.4 is 10.6 Å². The van der Waals surface area contributed by atoms with Gasteiger partial charge in [-0.2, -0.15) is 0 Å². The fourth-order valence-electron chi connectivity index (χ4n) is 3.77. The van der Waals surface area contributed by atoms with Gasteiger partial charge in [0.25, 0.3) is 0 Å². The highest BCUT2D eigenvalue weighted by Crippen LogP contribution is 2.26. The van der Waals surface area contributed by atoms with Crippen molar-refractivity contribution in [3.63, 3.8) is 0 Å². The molecule has 152 valence electrons. The summed E-state index contributed by atoms with van der Waals surface area (Å²) in [4.78, 5) is 18.3. The van der Waals surface area contributed by atoms with Gasteiger partial charge in [-0.1, -0.05) is 32.1 Å². The first-order valence-electron chi connectivity index (χ1n) is 10.2. The number of ether oxygens (including phenoxy) is 1. The number of hydrogen-bond donors (Lipinski definition) is 2. The molecule has 26 heavy (non-hydrogen) atoms. The molecule has 1 heterocycles. The molecule has 1 aliphatic heterocycles. The van der Waals surface area contributed by atoms with E-state index in [-0.39, 0.29) is 30.1 Å². The number of rotatable bonds is 6. The molecular formula is C19H37IN4O2. The fraction of sp³-hybridized carbons (Fsp3) is 0.895. The van der Waals surface area contributed by atoms with Crippen molar-refractivity contribution in [3.05, 3.63) is 0 Å². The standard InChI is InChI=1S/C19H36N4O2.HI/c1-3-20-18(21-13-10-16-8-6-5-7-9-16)22-17-11-14-23(15-12-17)19(24)25-4-2;/h16-17H,3-15H2,1-2H3,(H2,20,21,22);1H. The molecular weight excluding hydrogens is 443 g/mol. The van der Waals surface area contributed by atoms with Gasteiger partial charge in [-0.25, -0.2) is 4.79 Å². The number of carbonyl (C=O) groups excluding carboxylic acids is 1. The number of halogens is 1. The third-order valence-electron chi connectivity index (χ3n) is 5.24. The molecule has 1 aliphatic carbocycles. The second-order valence-electron chi connectivity index (χ2n) is 7.16. The second kappa shape index (κ2) is 13.4. The van der Waals surface area contributed by atoms with E-state index in [2.05, 4.69) is 17.6 Å². The van der Waals surface area contributed by atoms with E-state index in [4.69, 9.17) is 9.73 Å². The summed E-state index contributed by atoms with van der Waals surface area (Å²) in [6.07, 6.45) is 9.85. The summed E-state index contributed by atoms with van der Waals surface area (Å²) in [6, 6.07) is 0.373. The summed E-state index contributed by atoms with van der Waals surface area (Å²) >= 11 is 0. The van der Waals surface area contributed by atoms with Crippen molar-refractivity contribution in [1.82, 2.24) is 15.5 Å². The largest absolute Gasteiger partial charge is 0.450 e. The molecule has 2 aliphatic rings. The first-order valence-corrected chi connectivity index (χ1v) is 10.2. The van der Waals surface area contributed by atoms with Crippen LogP contribution >= 0.6 is 24.0 Å². The number of guanidine groups is 1. The molecule has 6 nitrogen and oxygen atoms in total. The van der Waals surface area contributed by atoms with Gasteiger partial charge < -0.3 is 20.3 Å². The van der Waals surface area contributed by atoms with E-state index >= 15 is 0 Å². The molecule has 0 atom stereocenters. The number of nitrogens with one attached hydrogen (secondary N) is 2. The number of likely N-dealkylation sites (tertiary alicyclic amines) is 1. The lowest BCUT2D eigenvalue weighted by Crippen LogP contribution is -2.50. The third kappa shape index (κ3) is 8.31. The minimum atomic E-state index is -0.186. The van der Waals surface area contributed by atoms with Gasteiger partial charge in [0.2, 0.25) is 0 Å². The zero-order chi connectivity index (χ0) is 17.9. The van der Waals surface area contributed by atoms with Gasteiger partial charge in [-0.3, -0.25) is 4.99 Å². The van der Waals surface area contributed by atoms with Crippen LogP contribution in [-0.2, 0) is 4.74 Å². The maximum atomic E-state index is 11.8. The van der Waals surface area contributed by atoms with Crippen molar-refractivity contribution in [2.45, 2.75) is 71.3 Å². The normalized spacial score (nSPS) is 19.6. The van der Waals surface area contributed by atoms with E-state index in [1.165, 1.54) is 38.5 Å². The molecule has 0 unspecified atom stereocenters. The van der Waals surface area contributed by atoms with E-state index in [9.17, 15) is 4.79 Å². The predicted molar refractivity (Wildman–Crippen MR) is 117 cm³/mol. The van der Waals surface area contributed by atoms with E-state index in [1.807, 2.05) is 6.92 Å². The number of nitrogens with zero attached hydrogens (tertiary/aromatic N) is 2. The zero-order valence-corrected chi connectivity index (χ0v) is 18.8. The van der Waals surface area contributed by atoms with Crippen LogP contribution in [-0.4, -0.2) is 55.8 Å². The van der Waals surface area contributed by atoms with E-state index in [1.54, 1.807) is 4.90 Å². The Balaban J connectivity index is 0.00000338. The topological polar surface area (TPSA) is 66.0 Å². The van der Waals surface area contributed by atoms with Crippen LogP contribution in [0.2, 0.25) is 0 Å². The average molecular weight is 480 g/mol. The predicted octanol–water partition coefficient (Wildman–Crippen LogP) is 3.75. The smallest absolute Gasteiger partial charge is 0.409 e. The van der Waals surface area contributed by atoms with Crippen LogP contribution in [0.5, 0.6) is 0 Å². The van der Waals surface area contributed by atoms with Crippen LogP contribution in [0.3, 0.4) is 0 Å². The molecule has 1 saturated heterocycles. The Morgan fingerprint density at radius 1 is 1.12 bits per heavy atom. The molecule has 1 amide bonds. The molecule has 0 spiro atoms. The van der Waals surface area contributed by atoms with Crippen molar-refractivity contribution in [2.75, 3.05) is 32.8 Å². The number of amides is 1. The first-order chi connectivity index (χ1) is 12.2. The minimum absolute atomic E-state index is 0. The Labute approximate surface area is 175 Å².